The molecular weight excluding hydrogens is 404 g/mol. The number of likely N-dealkylation sites (N-methyl/N-ethyl adjacent to an activating group) is 1. The first-order chi connectivity index (χ1) is 13.3. The number of sulfonamides is 1. The fraction of sp³-hybridized carbons (Fsp3) is 0.353. The van der Waals surface area contributed by atoms with Crippen LogP contribution < -0.4 is 5.32 Å². The van der Waals surface area contributed by atoms with Gasteiger partial charge in [-0.1, -0.05) is 23.5 Å². The summed E-state index contributed by atoms with van der Waals surface area (Å²) in [6.07, 6.45) is 1.59. The van der Waals surface area contributed by atoms with Gasteiger partial charge < -0.3 is 9.47 Å². The topological polar surface area (TPSA) is 122 Å². The van der Waals surface area contributed by atoms with Crippen LogP contribution in [0.15, 0.2) is 35.4 Å². The highest BCUT2D eigenvalue weighted by Gasteiger charge is 2.21. The van der Waals surface area contributed by atoms with Crippen LogP contribution in [0.25, 0.3) is 0 Å². The largest absolute Gasteiger partial charge is 0.383 e. The zero-order valence-corrected chi connectivity index (χ0v) is 17.4. The predicted octanol–water partition coefficient (Wildman–Crippen LogP) is 1.56. The number of ether oxygens (including phenoxy) is 2. The molecule has 9 nitrogen and oxygen atoms in total. The second kappa shape index (κ2) is 9.85. The number of methoxy groups -OCH3 is 2. The normalized spacial score (nSPS) is 11.6. The molecule has 1 amide bonds. The number of hydrogen-bond donors (Lipinski definition) is 2. The van der Waals surface area contributed by atoms with Crippen molar-refractivity contribution in [2.75, 3.05) is 39.7 Å². The SMILES string of the molecule is COCCN(C)S(=O)(=O)c1ccc(C(=N)C(=O)Nc2ncc(COC)s2)cc1. The molecular formula is C17H22N4O5S2. The Labute approximate surface area is 167 Å². The third-order valence-corrected chi connectivity index (χ3v) is 6.51. The highest BCUT2D eigenvalue weighted by Crippen LogP contribution is 2.19. The van der Waals surface area contributed by atoms with Crippen molar-refractivity contribution < 1.29 is 22.7 Å². The summed E-state index contributed by atoms with van der Waals surface area (Å²) in [5.74, 6) is -0.633. The molecule has 2 N–H and O–H groups in total. The third-order valence-electron chi connectivity index (χ3n) is 3.75. The highest BCUT2D eigenvalue weighted by atomic mass is 32.2. The predicted molar refractivity (Wildman–Crippen MR) is 106 cm³/mol. The number of benzene rings is 1. The second-order valence-corrected chi connectivity index (χ2v) is 8.90. The van der Waals surface area contributed by atoms with Crippen molar-refractivity contribution >= 4 is 38.1 Å². The molecule has 0 fully saturated rings. The highest BCUT2D eigenvalue weighted by molar-refractivity contribution is 7.89. The molecule has 11 heteroatoms. The minimum absolute atomic E-state index is 0.0761. The molecule has 0 saturated heterocycles. The molecule has 1 heterocycles. The Morgan fingerprint density at radius 1 is 1.25 bits per heavy atom. The van der Waals surface area contributed by atoms with Gasteiger partial charge in [0.25, 0.3) is 5.91 Å². The molecule has 0 aliphatic heterocycles. The van der Waals surface area contributed by atoms with Crippen LogP contribution >= 0.6 is 11.3 Å². The Morgan fingerprint density at radius 3 is 2.54 bits per heavy atom. The van der Waals surface area contributed by atoms with Gasteiger partial charge in [0.2, 0.25) is 10.0 Å². The van der Waals surface area contributed by atoms with Gasteiger partial charge in [0.05, 0.1) is 23.0 Å². The lowest BCUT2D eigenvalue weighted by atomic mass is 10.1. The molecule has 1 aromatic carbocycles. The molecule has 0 saturated carbocycles. The Kier molecular flexibility index (Phi) is 7.78. The van der Waals surface area contributed by atoms with Crippen LogP contribution in [0.1, 0.15) is 10.4 Å². The van der Waals surface area contributed by atoms with Gasteiger partial charge in [0, 0.05) is 39.6 Å². The summed E-state index contributed by atoms with van der Waals surface area (Å²) in [4.78, 5) is 17.2. The number of carbonyl (C=O) groups is 1. The lowest BCUT2D eigenvalue weighted by Gasteiger charge is -2.16. The Balaban J connectivity index is 2.07. The Bertz CT molecular complexity index is 925. The molecule has 0 bridgehead atoms. The van der Waals surface area contributed by atoms with E-state index in [1.807, 2.05) is 0 Å². The number of anilines is 1. The van der Waals surface area contributed by atoms with E-state index in [4.69, 9.17) is 14.9 Å². The zero-order chi connectivity index (χ0) is 20.7. The summed E-state index contributed by atoms with van der Waals surface area (Å²) in [7, 11) is 0.857. The molecule has 0 atom stereocenters. The summed E-state index contributed by atoms with van der Waals surface area (Å²) < 4.78 is 36.0. The van der Waals surface area contributed by atoms with Crippen LogP contribution in [0.2, 0.25) is 0 Å². The molecule has 0 aliphatic carbocycles. The molecule has 2 aromatic rings. The van der Waals surface area contributed by atoms with E-state index in [1.165, 1.54) is 54.1 Å². The summed E-state index contributed by atoms with van der Waals surface area (Å²) in [6, 6.07) is 5.60. The van der Waals surface area contributed by atoms with Crippen molar-refractivity contribution in [3.8, 4) is 0 Å². The van der Waals surface area contributed by atoms with Crippen molar-refractivity contribution in [3.63, 3.8) is 0 Å². The first-order valence-electron chi connectivity index (χ1n) is 8.19. The number of thiazole rings is 1. The van der Waals surface area contributed by atoms with Gasteiger partial charge in [-0.05, 0) is 12.1 Å². The van der Waals surface area contributed by atoms with Crippen molar-refractivity contribution in [2.24, 2.45) is 0 Å². The van der Waals surface area contributed by atoms with E-state index in [1.54, 1.807) is 13.3 Å². The van der Waals surface area contributed by atoms with Gasteiger partial charge in [-0.2, -0.15) is 4.31 Å². The smallest absolute Gasteiger partial charge is 0.275 e. The van der Waals surface area contributed by atoms with Crippen molar-refractivity contribution in [1.82, 2.24) is 9.29 Å². The van der Waals surface area contributed by atoms with Gasteiger partial charge >= 0.3 is 0 Å². The zero-order valence-electron chi connectivity index (χ0n) is 15.8. The first kappa shape index (κ1) is 22.1. The molecule has 2 rings (SSSR count). The van der Waals surface area contributed by atoms with Gasteiger partial charge in [-0.15, -0.1) is 0 Å². The molecule has 1 aromatic heterocycles. The van der Waals surface area contributed by atoms with Gasteiger partial charge in [0.1, 0.15) is 5.71 Å². The maximum atomic E-state index is 12.5. The summed E-state index contributed by atoms with van der Waals surface area (Å²) in [5, 5.41) is 11.0. The maximum absolute atomic E-state index is 12.5. The summed E-state index contributed by atoms with van der Waals surface area (Å²) >= 11 is 1.25. The van der Waals surface area contributed by atoms with Crippen LogP contribution in [0.4, 0.5) is 5.13 Å². The number of amides is 1. The molecule has 0 radical (unpaired) electrons. The van der Waals surface area contributed by atoms with Crippen LogP contribution in [0.5, 0.6) is 0 Å². The number of aromatic nitrogens is 1. The number of hydrogen-bond acceptors (Lipinski definition) is 8. The summed E-state index contributed by atoms with van der Waals surface area (Å²) in [5.41, 5.74) is 0.00448. The quantitative estimate of drug-likeness (QED) is 0.556. The fourth-order valence-electron chi connectivity index (χ4n) is 2.18. The number of rotatable bonds is 10. The van der Waals surface area contributed by atoms with Crippen molar-refractivity contribution in [2.45, 2.75) is 11.5 Å². The molecule has 0 unspecified atom stereocenters. The standard InChI is InChI=1S/C17H22N4O5S2/c1-21(8-9-25-2)28(23,24)14-6-4-12(5-7-14)15(18)16(22)20-17-19-10-13(27-17)11-26-3/h4-7,10,18H,8-9,11H2,1-3H3,(H,19,20,22). The van der Waals surface area contributed by atoms with Gasteiger partial charge in [-0.3, -0.25) is 15.5 Å². The average Bonchev–Trinajstić information content (AvgIpc) is 3.12. The van der Waals surface area contributed by atoms with Crippen molar-refractivity contribution in [1.29, 1.82) is 5.41 Å². The monoisotopic (exact) mass is 426 g/mol. The lowest BCUT2D eigenvalue weighted by molar-refractivity contribution is -0.110. The second-order valence-electron chi connectivity index (χ2n) is 5.74. The van der Waals surface area contributed by atoms with Gasteiger partial charge in [0.15, 0.2) is 5.13 Å². The Hall–Kier alpha value is -2.18. The molecule has 0 spiro atoms. The van der Waals surface area contributed by atoms with Crippen LogP contribution in [0, 0.1) is 5.41 Å². The van der Waals surface area contributed by atoms with E-state index < -0.39 is 15.9 Å². The van der Waals surface area contributed by atoms with E-state index >= 15 is 0 Å². The van der Waals surface area contributed by atoms with Gasteiger partial charge in [-0.25, -0.2) is 13.4 Å². The van der Waals surface area contributed by atoms with E-state index in [-0.39, 0.29) is 23.8 Å². The molecule has 0 aliphatic rings. The third kappa shape index (κ3) is 5.42. The number of nitrogens with zero attached hydrogens (tertiary/aromatic N) is 2. The van der Waals surface area contributed by atoms with E-state index in [9.17, 15) is 13.2 Å². The van der Waals surface area contributed by atoms with Crippen LogP contribution in [0.3, 0.4) is 0 Å². The Morgan fingerprint density at radius 2 is 1.93 bits per heavy atom. The van der Waals surface area contributed by atoms with E-state index in [0.29, 0.717) is 17.3 Å². The first-order valence-corrected chi connectivity index (χ1v) is 10.4. The van der Waals surface area contributed by atoms with Crippen LogP contribution in [-0.2, 0) is 30.9 Å². The average molecular weight is 427 g/mol. The minimum Gasteiger partial charge on any atom is -0.383 e. The van der Waals surface area contributed by atoms with Crippen LogP contribution in [-0.4, -0.2) is 63.7 Å². The van der Waals surface area contributed by atoms with E-state index in [0.717, 1.165) is 4.88 Å². The molecule has 152 valence electrons. The maximum Gasteiger partial charge on any atom is 0.275 e. The number of carbonyl (C=O) groups excluding carboxylic acids is 1. The number of nitrogens with one attached hydrogen (secondary N) is 2. The van der Waals surface area contributed by atoms with Crippen molar-refractivity contribution in [3.05, 3.63) is 40.9 Å². The lowest BCUT2D eigenvalue weighted by Crippen LogP contribution is -2.30. The minimum atomic E-state index is -3.66. The summed E-state index contributed by atoms with van der Waals surface area (Å²) in [6.45, 7) is 0.888. The molecule has 28 heavy (non-hydrogen) atoms. The fourth-order valence-corrected chi connectivity index (χ4v) is 4.11. The van der Waals surface area contributed by atoms with E-state index in [2.05, 4.69) is 10.3 Å².